The SMILES string of the molecule is O=C(O)CCCSC(/C=C\c1ccc(OCCCCOc2ccccc2)cc1)Cc1ccc(C(=O)O)cc1. The summed E-state index contributed by atoms with van der Waals surface area (Å²) in [6.07, 6.45) is 7.49. The lowest BCUT2D eigenvalue weighted by molar-refractivity contribution is -0.137. The zero-order valence-electron chi connectivity index (χ0n) is 21.3. The van der Waals surface area contributed by atoms with Gasteiger partial charge in [0.15, 0.2) is 0 Å². The molecule has 200 valence electrons. The molecule has 0 bridgehead atoms. The molecule has 7 heteroatoms. The normalized spacial score (nSPS) is 11.8. The van der Waals surface area contributed by atoms with E-state index in [0.717, 1.165) is 47.6 Å². The van der Waals surface area contributed by atoms with Gasteiger partial charge in [0, 0.05) is 11.7 Å². The third-order valence-electron chi connectivity index (χ3n) is 5.71. The van der Waals surface area contributed by atoms with Crippen molar-refractivity contribution in [1.29, 1.82) is 0 Å². The lowest BCUT2D eigenvalue weighted by Crippen LogP contribution is -2.06. The molecule has 0 fully saturated rings. The summed E-state index contributed by atoms with van der Waals surface area (Å²) >= 11 is 1.71. The van der Waals surface area contributed by atoms with E-state index in [2.05, 4.69) is 12.2 Å². The van der Waals surface area contributed by atoms with Crippen molar-refractivity contribution in [2.24, 2.45) is 0 Å². The number of hydrogen-bond acceptors (Lipinski definition) is 5. The minimum absolute atomic E-state index is 0.133. The van der Waals surface area contributed by atoms with Crippen molar-refractivity contribution >= 4 is 29.8 Å². The number of rotatable bonds is 17. The second-order valence-electron chi connectivity index (χ2n) is 8.76. The number of para-hydroxylation sites is 1. The summed E-state index contributed by atoms with van der Waals surface area (Å²) in [5.41, 5.74) is 2.34. The van der Waals surface area contributed by atoms with Gasteiger partial charge in [-0.2, -0.15) is 11.8 Å². The van der Waals surface area contributed by atoms with E-state index >= 15 is 0 Å². The van der Waals surface area contributed by atoms with Crippen molar-refractivity contribution in [3.63, 3.8) is 0 Å². The molecule has 3 aromatic carbocycles. The molecule has 0 saturated heterocycles. The highest BCUT2D eigenvalue weighted by Crippen LogP contribution is 2.22. The topological polar surface area (TPSA) is 93.1 Å². The van der Waals surface area contributed by atoms with Crippen LogP contribution in [0.1, 0.15) is 47.2 Å². The Bertz CT molecular complexity index is 1140. The van der Waals surface area contributed by atoms with Crippen LogP contribution in [0, 0.1) is 0 Å². The van der Waals surface area contributed by atoms with Crippen LogP contribution in [0.4, 0.5) is 0 Å². The minimum atomic E-state index is -0.944. The van der Waals surface area contributed by atoms with E-state index in [-0.39, 0.29) is 17.2 Å². The summed E-state index contributed by atoms with van der Waals surface area (Å²) in [6.45, 7) is 1.29. The Morgan fingerprint density at radius 2 is 1.42 bits per heavy atom. The summed E-state index contributed by atoms with van der Waals surface area (Å²) < 4.78 is 11.6. The maximum atomic E-state index is 11.1. The Morgan fingerprint density at radius 3 is 2.03 bits per heavy atom. The highest BCUT2D eigenvalue weighted by Gasteiger charge is 2.09. The van der Waals surface area contributed by atoms with E-state index < -0.39 is 11.9 Å². The van der Waals surface area contributed by atoms with E-state index in [1.54, 1.807) is 23.9 Å². The van der Waals surface area contributed by atoms with Gasteiger partial charge in [0.25, 0.3) is 0 Å². The zero-order valence-corrected chi connectivity index (χ0v) is 22.1. The van der Waals surface area contributed by atoms with Crippen molar-refractivity contribution in [2.75, 3.05) is 19.0 Å². The number of ether oxygens (including phenoxy) is 2. The maximum absolute atomic E-state index is 11.1. The first-order valence-corrected chi connectivity index (χ1v) is 13.8. The van der Waals surface area contributed by atoms with Gasteiger partial charge in [-0.3, -0.25) is 4.79 Å². The Hall–Kier alpha value is -3.71. The largest absolute Gasteiger partial charge is 0.494 e. The third kappa shape index (κ3) is 11.1. The number of carboxylic acid groups (broad SMARTS) is 2. The van der Waals surface area contributed by atoms with Gasteiger partial charge in [-0.25, -0.2) is 4.79 Å². The van der Waals surface area contributed by atoms with Crippen LogP contribution >= 0.6 is 11.8 Å². The highest BCUT2D eigenvalue weighted by atomic mass is 32.2. The first-order chi connectivity index (χ1) is 18.5. The number of thioether (sulfide) groups is 1. The monoisotopic (exact) mass is 534 g/mol. The van der Waals surface area contributed by atoms with E-state index in [1.165, 1.54) is 0 Å². The van der Waals surface area contributed by atoms with E-state index in [4.69, 9.17) is 19.7 Å². The number of benzene rings is 3. The second kappa shape index (κ2) is 16.2. The molecule has 3 rings (SSSR count). The first kappa shape index (κ1) is 28.9. The molecule has 0 spiro atoms. The lowest BCUT2D eigenvalue weighted by Gasteiger charge is -2.13. The molecule has 2 N–H and O–H groups in total. The minimum Gasteiger partial charge on any atom is -0.494 e. The lowest BCUT2D eigenvalue weighted by atomic mass is 10.1. The van der Waals surface area contributed by atoms with Crippen molar-refractivity contribution < 1.29 is 29.3 Å². The summed E-state index contributed by atoms with van der Waals surface area (Å²) in [7, 11) is 0. The van der Waals surface area contributed by atoms with Crippen molar-refractivity contribution in [3.8, 4) is 11.5 Å². The van der Waals surface area contributed by atoms with Crippen molar-refractivity contribution in [2.45, 2.75) is 37.4 Å². The third-order valence-corrected chi connectivity index (χ3v) is 6.98. The second-order valence-corrected chi connectivity index (χ2v) is 10.1. The van der Waals surface area contributed by atoms with Crippen molar-refractivity contribution in [1.82, 2.24) is 0 Å². The smallest absolute Gasteiger partial charge is 0.335 e. The molecule has 38 heavy (non-hydrogen) atoms. The van der Waals surface area contributed by atoms with E-state index in [1.807, 2.05) is 66.7 Å². The average molecular weight is 535 g/mol. The van der Waals surface area contributed by atoms with Crippen LogP contribution in [0.15, 0.2) is 84.9 Å². The highest BCUT2D eigenvalue weighted by molar-refractivity contribution is 8.00. The molecule has 0 saturated carbocycles. The van der Waals surface area contributed by atoms with Gasteiger partial charge >= 0.3 is 11.9 Å². The molecule has 3 aromatic rings. The van der Waals surface area contributed by atoms with Gasteiger partial charge in [0.1, 0.15) is 11.5 Å². The van der Waals surface area contributed by atoms with Crippen LogP contribution in [0.2, 0.25) is 0 Å². The molecule has 0 aliphatic rings. The average Bonchev–Trinajstić information content (AvgIpc) is 2.93. The number of carboxylic acids is 2. The number of unbranched alkanes of at least 4 members (excludes halogenated alkanes) is 1. The molecule has 0 heterocycles. The molecule has 0 aromatic heterocycles. The molecule has 1 atom stereocenters. The predicted molar refractivity (Wildman–Crippen MR) is 152 cm³/mol. The van der Waals surface area contributed by atoms with Crippen LogP contribution in [0.3, 0.4) is 0 Å². The summed E-state index contributed by atoms with van der Waals surface area (Å²) in [6, 6.07) is 24.6. The van der Waals surface area contributed by atoms with E-state index in [9.17, 15) is 9.59 Å². The van der Waals surface area contributed by atoms with Crippen LogP contribution in [0.5, 0.6) is 11.5 Å². The van der Waals surface area contributed by atoms with Gasteiger partial charge in [0.2, 0.25) is 0 Å². The maximum Gasteiger partial charge on any atom is 0.335 e. The first-order valence-electron chi connectivity index (χ1n) is 12.7. The van der Waals surface area contributed by atoms with Crippen molar-refractivity contribution in [3.05, 3.63) is 102 Å². The Labute approximate surface area is 228 Å². The zero-order chi connectivity index (χ0) is 27.0. The number of aliphatic carboxylic acids is 1. The molecule has 0 aliphatic heterocycles. The van der Waals surface area contributed by atoms with Gasteiger partial charge < -0.3 is 19.7 Å². The predicted octanol–water partition coefficient (Wildman–Crippen LogP) is 6.85. The Kier molecular flexibility index (Phi) is 12.3. The van der Waals surface area contributed by atoms with Gasteiger partial charge in [-0.05, 0) is 79.0 Å². The van der Waals surface area contributed by atoms with Crippen LogP contribution in [-0.2, 0) is 11.2 Å². The van der Waals surface area contributed by atoms with E-state index in [0.29, 0.717) is 19.6 Å². The van der Waals surface area contributed by atoms with Crippen LogP contribution in [0.25, 0.3) is 6.08 Å². The fourth-order valence-electron chi connectivity index (χ4n) is 3.65. The fraction of sp³-hybridized carbons (Fsp3) is 0.290. The number of hydrogen-bond donors (Lipinski definition) is 2. The standard InChI is InChI=1S/C31H34O6S/c32-30(33)9-6-22-38-29(23-25-10-15-26(16-11-25)31(34)35)19-14-24-12-17-28(18-13-24)37-21-5-4-20-36-27-7-2-1-3-8-27/h1-3,7-8,10-19,29H,4-6,9,20-23H2,(H,32,33)(H,34,35)/b19-14-. The van der Waals surface area contributed by atoms with Gasteiger partial charge in [-0.15, -0.1) is 0 Å². The Balaban J connectivity index is 1.46. The van der Waals surface area contributed by atoms with Gasteiger partial charge in [0.05, 0.1) is 18.8 Å². The quantitative estimate of drug-likeness (QED) is 0.183. The molecular formula is C31H34O6S. The number of carbonyl (C=O) groups is 2. The molecule has 0 amide bonds. The Morgan fingerprint density at radius 1 is 0.789 bits per heavy atom. The molecule has 1 unspecified atom stereocenters. The summed E-state index contributed by atoms with van der Waals surface area (Å²) in [5.74, 6) is 0.709. The van der Waals surface area contributed by atoms with Gasteiger partial charge in [-0.1, -0.05) is 54.6 Å². The number of aromatic carboxylic acids is 1. The molecule has 6 nitrogen and oxygen atoms in total. The summed E-state index contributed by atoms with van der Waals surface area (Å²) in [5, 5.41) is 18.2. The van der Waals surface area contributed by atoms with Crippen LogP contribution < -0.4 is 9.47 Å². The molecule has 0 radical (unpaired) electrons. The van der Waals surface area contributed by atoms with Crippen LogP contribution in [-0.4, -0.2) is 46.4 Å². The summed E-state index contributed by atoms with van der Waals surface area (Å²) in [4.78, 5) is 22.0. The molecular weight excluding hydrogens is 500 g/mol. The fourth-order valence-corrected chi connectivity index (χ4v) is 4.76. The molecule has 0 aliphatic carbocycles.